The molecule has 1 aliphatic heterocycles. The van der Waals surface area contributed by atoms with Crippen LogP contribution in [0.3, 0.4) is 0 Å². The predicted octanol–water partition coefficient (Wildman–Crippen LogP) is 3.30. The molecule has 0 fully saturated rings. The summed E-state index contributed by atoms with van der Waals surface area (Å²) < 4.78 is 28.4. The predicted molar refractivity (Wildman–Crippen MR) is 162 cm³/mol. The topological polar surface area (TPSA) is 194 Å². The second-order valence-corrected chi connectivity index (χ2v) is 10.4. The first-order valence-electron chi connectivity index (χ1n) is 13.4. The number of carbonyl (C=O) groups is 1. The molecule has 0 aliphatic carbocycles. The molecule has 0 radical (unpaired) electrons. The van der Waals surface area contributed by atoms with Gasteiger partial charge in [0.15, 0.2) is 0 Å². The maximum atomic E-state index is 13.6. The van der Waals surface area contributed by atoms with Crippen LogP contribution in [0.4, 0.5) is 14.5 Å². The van der Waals surface area contributed by atoms with Crippen molar-refractivity contribution in [3.63, 3.8) is 0 Å². The first-order chi connectivity index (χ1) is 21.0. The van der Waals surface area contributed by atoms with Crippen molar-refractivity contribution in [1.29, 1.82) is 5.26 Å². The van der Waals surface area contributed by atoms with Crippen molar-refractivity contribution in [3.05, 3.63) is 99.4 Å². The zero-order valence-electron chi connectivity index (χ0n) is 23.5. The van der Waals surface area contributed by atoms with Crippen LogP contribution >= 0.6 is 11.6 Å². The number of halogens is 3. The van der Waals surface area contributed by atoms with E-state index in [1.54, 1.807) is 31.2 Å². The van der Waals surface area contributed by atoms with Crippen LogP contribution in [0.25, 0.3) is 11.3 Å². The number of aliphatic imine (C=N–C) groups is 1. The summed E-state index contributed by atoms with van der Waals surface area (Å²) in [4.78, 5) is 38.8. The summed E-state index contributed by atoms with van der Waals surface area (Å²) in [6.45, 7) is -1.38. The van der Waals surface area contributed by atoms with Crippen LogP contribution in [0.15, 0.2) is 82.5 Å². The number of pyridine rings is 1. The van der Waals surface area contributed by atoms with Gasteiger partial charge >= 0.3 is 6.55 Å². The number of hydrogen-bond donors (Lipinski definition) is 4. The Morgan fingerprint density at radius 3 is 2.70 bits per heavy atom. The number of nitrogens with two attached hydrogens (primary N) is 3. The average molecular weight is 623 g/mol. The van der Waals surface area contributed by atoms with Crippen molar-refractivity contribution in [1.82, 2.24) is 19.9 Å². The normalized spacial score (nSPS) is 19.7. The van der Waals surface area contributed by atoms with Gasteiger partial charge in [0.1, 0.15) is 11.8 Å². The van der Waals surface area contributed by atoms with Crippen LogP contribution in [-0.4, -0.2) is 32.7 Å². The highest BCUT2D eigenvalue weighted by atomic mass is 35.5. The lowest BCUT2D eigenvalue weighted by Crippen LogP contribution is -2.34. The summed E-state index contributed by atoms with van der Waals surface area (Å²) in [5.74, 6) is 5.21. The maximum Gasteiger partial charge on any atom is 0.332 e. The molecule has 15 heteroatoms. The maximum absolute atomic E-state index is 13.6. The molecule has 12 nitrogen and oxygen atoms in total. The molecule has 2 atom stereocenters. The lowest BCUT2D eigenvalue weighted by Gasteiger charge is -2.23. The third-order valence-electron chi connectivity index (χ3n) is 6.96. The van der Waals surface area contributed by atoms with Gasteiger partial charge in [-0.05, 0) is 43.2 Å². The number of nitrogens with one attached hydrogen (secondary N) is 1. The highest BCUT2D eigenvalue weighted by molar-refractivity contribution is 6.31. The van der Waals surface area contributed by atoms with Crippen molar-refractivity contribution in [3.8, 4) is 17.3 Å². The largest absolute Gasteiger partial charge is 0.403 e. The number of rotatable bonds is 5. The van der Waals surface area contributed by atoms with Gasteiger partial charge in [0, 0.05) is 40.5 Å². The lowest BCUT2D eigenvalue weighted by atomic mass is 9.96. The van der Waals surface area contributed by atoms with Gasteiger partial charge in [0.25, 0.3) is 5.56 Å². The van der Waals surface area contributed by atoms with E-state index in [0.717, 1.165) is 11.2 Å². The van der Waals surface area contributed by atoms with Crippen molar-refractivity contribution in [2.45, 2.75) is 38.8 Å². The minimum absolute atomic E-state index is 0.0720. The monoisotopic (exact) mass is 622 g/mol. The highest BCUT2D eigenvalue weighted by Gasteiger charge is 2.25. The lowest BCUT2D eigenvalue weighted by molar-refractivity contribution is -0.123. The van der Waals surface area contributed by atoms with E-state index in [2.05, 4.69) is 20.3 Å². The van der Waals surface area contributed by atoms with Crippen molar-refractivity contribution in [2.24, 2.45) is 28.2 Å². The molecule has 4 rings (SSSR count). The number of nitrogens with zero attached hydrogens (tertiary/aromatic N) is 6. The van der Waals surface area contributed by atoms with Crippen LogP contribution in [0.1, 0.15) is 43.5 Å². The van der Waals surface area contributed by atoms with E-state index in [0.29, 0.717) is 41.2 Å². The van der Waals surface area contributed by atoms with E-state index in [-0.39, 0.29) is 28.4 Å². The number of hydrazine groups is 1. The van der Waals surface area contributed by atoms with E-state index in [4.69, 9.17) is 34.2 Å². The van der Waals surface area contributed by atoms with Gasteiger partial charge in [-0.2, -0.15) is 14.0 Å². The zero-order chi connectivity index (χ0) is 32.0. The Morgan fingerprint density at radius 2 is 2.02 bits per heavy atom. The summed E-state index contributed by atoms with van der Waals surface area (Å²) in [5, 5.41) is 13.1. The molecule has 2 bridgehead atoms. The molecule has 1 amide bonds. The van der Waals surface area contributed by atoms with Crippen LogP contribution in [-0.2, 0) is 4.79 Å². The number of fused-ring (bicyclic) bond motifs is 2. The third kappa shape index (κ3) is 7.25. The van der Waals surface area contributed by atoms with E-state index < -0.39 is 30.0 Å². The molecule has 44 heavy (non-hydrogen) atoms. The fraction of sp³-hybridized carbons (Fsp3) is 0.241. The Balaban J connectivity index is 1.83. The zero-order valence-corrected chi connectivity index (χ0v) is 24.2. The second-order valence-electron chi connectivity index (χ2n) is 9.93. The van der Waals surface area contributed by atoms with E-state index in [9.17, 15) is 18.4 Å². The van der Waals surface area contributed by atoms with Crippen molar-refractivity contribution < 1.29 is 13.6 Å². The Hall–Kier alpha value is -5.13. The average Bonchev–Trinajstić information content (AvgIpc) is 3.00. The SMILES string of the molecule is CC1CCCC(n2cnc(-c3cc(Cl)ccc3N(N)/C=C(\N)C#N)cc2=O)c2cc(ccn2)C(=NC(F)F)C(=CN)NC1=O. The molecule has 1 aromatic carbocycles. The molecule has 3 heterocycles. The molecule has 1 aliphatic rings. The molecule has 228 valence electrons. The molecule has 2 aromatic heterocycles. The van der Waals surface area contributed by atoms with Crippen LogP contribution < -0.4 is 33.2 Å². The van der Waals surface area contributed by atoms with Gasteiger partial charge in [-0.1, -0.05) is 24.9 Å². The minimum Gasteiger partial charge on any atom is -0.403 e. The van der Waals surface area contributed by atoms with Crippen LogP contribution in [0.5, 0.6) is 0 Å². The summed E-state index contributed by atoms with van der Waals surface area (Å²) in [6, 6.07) is 10.1. The molecule has 0 saturated heterocycles. The Kier molecular flexibility index (Phi) is 10.0. The van der Waals surface area contributed by atoms with Crippen molar-refractivity contribution >= 4 is 28.9 Å². The smallest absolute Gasteiger partial charge is 0.332 e. The van der Waals surface area contributed by atoms with Crippen LogP contribution in [0.2, 0.25) is 5.02 Å². The summed E-state index contributed by atoms with van der Waals surface area (Å²) >= 11 is 6.24. The van der Waals surface area contributed by atoms with Gasteiger partial charge in [-0.25, -0.2) is 15.8 Å². The number of alkyl halides is 2. The molecule has 3 aromatic rings. The number of allylic oxidation sites excluding steroid dienone is 2. The number of anilines is 1. The van der Waals surface area contributed by atoms with E-state index >= 15 is 0 Å². The molecule has 2 unspecified atom stereocenters. The number of benzene rings is 1. The van der Waals surface area contributed by atoms with E-state index in [1.165, 1.54) is 41.5 Å². The van der Waals surface area contributed by atoms with Gasteiger partial charge in [-0.3, -0.25) is 24.1 Å². The quantitative estimate of drug-likeness (QED) is 0.143. The first kappa shape index (κ1) is 31.8. The Labute approximate surface area is 256 Å². The van der Waals surface area contributed by atoms with Gasteiger partial charge in [-0.15, -0.1) is 0 Å². The second kappa shape index (κ2) is 13.9. The minimum atomic E-state index is -3.08. The molecule has 0 saturated carbocycles. The summed E-state index contributed by atoms with van der Waals surface area (Å²) in [7, 11) is 0. The number of carbonyl (C=O) groups excluding carboxylic acids is 1. The molecular formula is C29H29ClF2N10O2. The third-order valence-corrected chi connectivity index (χ3v) is 7.19. The standard InChI is InChI=1S/C29H29ClF2N10O2/c1-16-3-2-4-25(22-9-17(7-8-37-22)27(40-29(31)32)23(13-34)39-28(16)44)41-15-38-21(11-26(41)43)20-10-18(30)5-6-24(20)42(36)14-19(35)12-33/h5-11,13-16,25,29H,2-4,34-36H2,1H3,(H,39,44)/b19-14-,23-13?,40-27?. The Bertz CT molecular complexity index is 1750. The van der Waals surface area contributed by atoms with E-state index in [1.807, 2.05) is 0 Å². The number of hydrogen-bond acceptors (Lipinski definition) is 10. The van der Waals surface area contributed by atoms with Gasteiger partial charge in [0.05, 0.1) is 47.1 Å². The fourth-order valence-electron chi connectivity index (χ4n) is 4.77. The molecular weight excluding hydrogens is 594 g/mol. The summed E-state index contributed by atoms with van der Waals surface area (Å²) in [5.41, 5.74) is 12.1. The van der Waals surface area contributed by atoms with Crippen molar-refractivity contribution in [2.75, 3.05) is 5.01 Å². The Morgan fingerprint density at radius 1 is 1.25 bits per heavy atom. The van der Waals surface area contributed by atoms with Crippen LogP contribution in [0, 0.1) is 17.2 Å². The number of aromatic nitrogens is 3. The number of amides is 1. The summed E-state index contributed by atoms with van der Waals surface area (Å²) in [6.07, 6.45) is 6.32. The fourth-order valence-corrected chi connectivity index (χ4v) is 4.94. The first-order valence-corrected chi connectivity index (χ1v) is 13.7. The molecule has 7 N–H and O–H groups in total. The number of nitriles is 1. The highest BCUT2D eigenvalue weighted by Crippen LogP contribution is 2.32. The van der Waals surface area contributed by atoms with Gasteiger partial charge in [0.2, 0.25) is 5.91 Å². The van der Waals surface area contributed by atoms with Gasteiger partial charge < -0.3 is 16.8 Å². The molecule has 0 spiro atoms.